The molecule has 0 N–H and O–H groups in total. The summed E-state index contributed by atoms with van der Waals surface area (Å²) >= 11 is 0. The second-order valence-electron chi connectivity index (χ2n) is 6.42. The van der Waals surface area contributed by atoms with Crippen LogP contribution in [0, 0.1) is 0 Å². The number of hydrogen-bond donors (Lipinski definition) is 0. The average molecular weight is 378 g/mol. The fourth-order valence-corrected chi connectivity index (χ4v) is 3.15. The van der Waals surface area contributed by atoms with Gasteiger partial charge in [-0.2, -0.15) is 0 Å². The van der Waals surface area contributed by atoms with Gasteiger partial charge in [-0.3, -0.25) is 0 Å². The Labute approximate surface area is 164 Å². The minimum atomic E-state index is -0.515. The quantitative estimate of drug-likeness (QED) is 0.622. The number of fused-ring (bicyclic) bond motifs is 3. The van der Waals surface area contributed by atoms with E-state index in [1.54, 1.807) is 20.4 Å². The number of para-hydroxylation sites is 1. The Morgan fingerprint density at radius 2 is 1.79 bits per heavy atom. The van der Waals surface area contributed by atoms with Crippen LogP contribution in [0.3, 0.4) is 0 Å². The molecule has 1 aliphatic heterocycles. The molecule has 0 saturated heterocycles. The van der Waals surface area contributed by atoms with Gasteiger partial charge in [-0.15, -0.1) is 0 Å². The second-order valence-corrected chi connectivity index (χ2v) is 6.42. The van der Waals surface area contributed by atoms with Crippen LogP contribution in [-0.4, -0.2) is 30.8 Å². The molecule has 28 heavy (non-hydrogen) atoms. The number of hydrogen-bond acceptors (Lipinski definition) is 6. The Hall–Kier alpha value is -3.12. The van der Waals surface area contributed by atoms with Gasteiger partial charge in [-0.1, -0.05) is 19.1 Å². The van der Waals surface area contributed by atoms with Crippen molar-refractivity contribution in [1.29, 1.82) is 0 Å². The maximum absolute atomic E-state index is 6.04. The Morgan fingerprint density at radius 3 is 2.50 bits per heavy atom. The van der Waals surface area contributed by atoms with Crippen molar-refractivity contribution >= 4 is 0 Å². The summed E-state index contributed by atoms with van der Waals surface area (Å²) in [7, 11) is 3.24. The molecule has 1 aliphatic rings. The molecule has 2 heterocycles. The van der Waals surface area contributed by atoms with Crippen molar-refractivity contribution < 1.29 is 18.9 Å². The van der Waals surface area contributed by atoms with E-state index in [2.05, 4.69) is 11.9 Å². The lowest BCUT2D eigenvalue weighted by atomic mass is 10.0. The monoisotopic (exact) mass is 378 g/mol. The molecule has 2 aromatic carbocycles. The van der Waals surface area contributed by atoms with Gasteiger partial charge in [-0.05, 0) is 30.7 Å². The molecule has 0 fully saturated rings. The maximum Gasteiger partial charge on any atom is 0.230 e. The van der Waals surface area contributed by atoms with Crippen LogP contribution in [0.1, 0.15) is 25.2 Å². The van der Waals surface area contributed by atoms with Gasteiger partial charge in [0.15, 0.2) is 5.82 Å². The van der Waals surface area contributed by atoms with E-state index in [0.717, 1.165) is 34.6 Å². The van der Waals surface area contributed by atoms with Crippen molar-refractivity contribution in [2.75, 3.05) is 20.8 Å². The molecule has 1 aromatic heterocycles. The molecule has 0 aliphatic carbocycles. The molecule has 0 radical (unpaired) electrons. The molecule has 0 amide bonds. The first-order valence-corrected chi connectivity index (χ1v) is 9.21. The highest BCUT2D eigenvalue weighted by Crippen LogP contribution is 2.42. The largest absolute Gasteiger partial charge is 0.497 e. The van der Waals surface area contributed by atoms with E-state index in [1.165, 1.54) is 0 Å². The third-order valence-electron chi connectivity index (χ3n) is 4.53. The summed E-state index contributed by atoms with van der Waals surface area (Å²) in [5.74, 6) is 2.71. The van der Waals surface area contributed by atoms with Crippen molar-refractivity contribution in [2.45, 2.75) is 19.6 Å². The number of benzene rings is 2. The van der Waals surface area contributed by atoms with Crippen molar-refractivity contribution in [3.8, 4) is 39.9 Å². The summed E-state index contributed by atoms with van der Waals surface area (Å²) in [6, 6.07) is 13.4. The summed E-state index contributed by atoms with van der Waals surface area (Å²) < 4.78 is 22.7. The first-order valence-electron chi connectivity index (χ1n) is 9.21. The fourth-order valence-electron chi connectivity index (χ4n) is 3.15. The fraction of sp³-hybridized carbons (Fsp3) is 0.273. The van der Waals surface area contributed by atoms with Gasteiger partial charge in [0, 0.05) is 23.4 Å². The molecule has 1 atom stereocenters. The minimum absolute atomic E-state index is 0.515. The lowest BCUT2D eigenvalue weighted by Gasteiger charge is -2.27. The molecule has 6 heteroatoms. The zero-order valence-corrected chi connectivity index (χ0v) is 16.1. The molecule has 144 valence electrons. The zero-order valence-electron chi connectivity index (χ0n) is 16.1. The Bertz CT molecular complexity index is 968. The topological polar surface area (TPSA) is 62.7 Å². The molecule has 0 bridgehead atoms. The summed E-state index contributed by atoms with van der Waals surface area (Å²) in [6.07, 6.45) is 2.16. The first-order chi connectivity index (χ1) is 13.7. The molecular formula is C22H22N2O4. The molecule has 3 aromatic rings. The Balaban J connectivity index is 1.82. The van der Waals surface area contributed by atoms with Gasteiger partial charge in [0.1, 0.15) is 17.2 Å². The van der Waals surface area contributed by atoms with E-state index in [-0.39, 0.29) is 0 Å². The van der Waals surface area contributed by atoms with Crippen molar-refractivity contribution in [3.63, 3.8) is 0 Å². The smallest absolute Gasteiger partial charge is 0.230 e. The molecule has 1 unspecified atom stereocenters. The Kier molecular flexibility index (Phi) is 5.12. The van der Waals surface area contributed by atoms with E-state index < -0.39 is 6.29 Å². The molecule has 4 rings (SSSR count). The van der Waals surface area contributed by atoms with Gasteiger partial charge < -0.3 is 18.9 Å². The van der Waals surface area contributed by atoms with E-state index in [9.17, 15) is 0 Å². The lowest BCUT2D eigenvalue weighted by Crippen LogP contribution is -2.19. The molecule has 0 spiro atoms. The van der Waals surface area contributed by atoms with E-state index in [0.29, 0.717) is 23.9 Å². The normalized spacial score (nSPS) is 14.6. The molecule has 6 nitrogen and oxygen atoms in total. The van der Waals surface area contributed by atoms with E-state index in [4.69, 9.17) is 23.9 Å². The van der Waals surface area contributed by atoms with Crippen LogP contribution in [0.5, 0.6) is 17.2 Å². The lowest BCUT2D eigenvalue weighted by molar-refractivity contribution is -0.0851. The van der Waals surface area contributed by atoms with Gasteiger partial charge in [0.25, 0.3) is 0 Å². The van der Waals surface area contributed by atoms with Crippen LogP contribution in [0.25, 0.3) is 22.6 Å². The van der Waals surface area contributed by atoms with Crippen LogP contribution in [-0.2, 0) is 4.74 Å². The van der Waals surface area contributed by atoms with Gasteiger partial charge in [0.05, 0.1) is 32.1 Å². The van der Waals surface area contributed by atoms with Crippen molar-refractivity contribution in [3.05, 3.63) is 54.2 Å². The van der Waals surface area contributed by atoms with Gasteiger partial charge in [0.2, 0.25) is 6.29 Å². The average Bonchev–Trinajstić information content (AvgIpc) is 2.76. The Morgan fingerprint density at radius 1 is 1.04 bits per heavy atom. The molecular weight excluding hydrogens is 356 g/mol. The zero-order chi connectivity index (χ0) is 19.5. The predicted octanol–water partition coefficient (Wildman–Crippen LogP) is 4.65. The standard InChI is InChI=1S/C22H22N2O4/c1-4-9-27-22-18-13-23-21(14-10-15(25-2)12-16(11-14)26-3)24-20(18)17-7-5-6-8-19(17)28-22/h5-8,10-13,22H,4,9H2,1-3H3. The summed E-state index contributed by atoms with van der Waals surface area (Å²) in [4.78, 5) is 9.41. The van der Waals surface area contributed by atoms with Crippen molar-refractivity contribution in [1.82, 2.24) is 9.97 Å². The highest BCUT2D eigenvalue weighted by Gasteiger charge is 2.28. The van der Waals surface area contributed by atoms with Crippen LogP contribution in [0.15, 0.2) is 48.7 Å². The van der Waals surface area contributed by atoms with E-state index in [1.807, 2.05) is 42.5 Å². The van der Waals surface area contributed by atoms with Crippen molar-refractivity contribution in [2.24, 2.45) is 0 Å². The van der Waals surface area contributed by atoms with E-state index >= 15 is 0 Å². The number of ether oxygens (including phenoxy) is 4. The van der Waals surface area contributed by atoms with Crippen LogP contribution >= 0.6 is 0 Å². The maximum atomic E-state index is 6.04. The third kappa shape index (κ3) is 3.39. The third-order valence-corrected chi connectivity index (χ3v) is 4.53. The summed E-state index contributed by atoms with van der Waals surface area (Å²) in [5.41, 5.74) is 3.38. The van der Waals surface area contributed by atoms with Gasteiger partial charge in [-0.25, -0.2) is 9.97 Å². The molecule has 0 saturated carbocycles. The highest BCUT2D eigenvalue weighted by molar-refractivity contribution is 5.74. The van der Waals surface area contributed by atoms with Crippen LogP contribution in [0.2, 0.25) is 0 Å². The van der Waals surface area contributed by atoms with Crippen LogP contribution < -0.4 is 14.2 Å². The predicted molar refractivity (Wildman–Crippen MR) is 106 cm³/mol. The number of methoxy groups -OCH3 is 2. The second kappa shape index (κ2) is 7.86. The van der Waals surface area contributed by atoms with Gasteiger partial charge >= 0.3 is 0 Å². The first kappa shape index (κ1) is 18.3. The summed E-state index contributed by atoms with van der Waals surface area (Å²) in [5, 5.41) is 0. The SMILES string of the molecule is CCCOC1Oc2ccccc2-c2nc(-c3cc(OC)cc(OC)c3)ncc21. The minimum Gasteiger partial charge on any atom is -0.497 e. The summed E-state index contributed by atoms with van der Waals surface area (Å²) in [6.45, 7) is 2.66. The number of rotatable bonds is 6. The van der Waals surface area contributed by atoms with Crippen LogP contribution in [0.4, 0.5) is 0 Å². The number of aromatic nitrogens is 2. The highest BCUT2D eigenvalue weighted by atomic mass is 16.7. The number of nitrogens with zero attached hydrogens (tertiary/aromatic N) is 2.